The van der Waals surface area contributed by atoms with Crippen molar-refractivity contribution < 1.29 is 21.2 Å². The summed E-state index contributed by atoms with van der Waals surface area (Å²) in [6.45, 7) is 4.70. The van der Waals surface area contributed by atoms with Crippen molar-refractivity contribution in [1.29, 1.82) is 0 Å². The van der Waals surface area contributed by atoms with E-state index in [9.17, 15) is 0 Å². The van der Waals surface area contributed by atoms with E-state index in [0.29, 0.717) is 3.42 Å². The van der Waals surface area contributed by atoms with Crippen LogP contribution in [-0.2, 0) is 3.42 Å². The summed E-state index contributed by atoms with van der Waals surface area (Å²) >= 11 is 0.00174. The number of rotatable bonds is 3. The van der Waals surface area contributed by atoms with Crippen LogP contribution < -0.4 is 21.2 Å². The van der Waals surface area contributed by atoms with Crippen molar-refractivity contribution in [3.05, 3.63) is 69.8 Å². The van der Waals surface area contributed by atoms with E-state index in [0.717, 1.165) is 0 Å². The molecule has 0 bridgehead atoms. The molecule has 0 aliphatic rings. The lowest BCUT2D eigenvalue weighted by molar-refractivity contribution is -0.705. The standard InChI is InChI=1S/C15H16I/c1-15(2,13-9-5-3-6-10-13)16-14-11-7-4-8-12-14/h3-12H,1-2H3/q+1. The molecule has 0 saturated carbocycles. The molecule has 82 valence electrons. The van der Waals surface area contributed by atoms with Crippen LogP contribution in [0.1, 0.15) is 19.4 Å². The maximum absolute atomic E-state index is 2.35. The summed E-state index contributed by atoms with van der Waals surface area (Å²) in [5.74, 6) is 0. The highest BCUT2D eigenvalue weighted by molar-refractivity contribution is 5.20. The SMILES string of the molecule is CC(C)([I+]c1ccccc1)c1ccccc1. The maximum atomic E-state index is 2.35. The molecule has 0 N–H and O–H groups in total. The Morgan fingerprint density at radius 2 is 1.25 bits per heavy atom. The van der Waals surface area contributed by atoms with Crippen molar-refractivity contribution in [2.24, 2.45) is 0 Å². The average molecular weight is 323 g/mol. The van der Waals surface area contributed by atoms with Crippen molar-refractivity contribution in [2.75, 3.05) is 0 Å². The molecular weight excluding hydrogens is 307 g/mol. The van der Waals surface area contributed by atoms with Crippen LogP contribution in [0.15, 0.2) is 60.7 Å². The van der Waals surface area contributed by atoms with E-state index >= 15 is 0 Å². The third kappa shape index (κ3) is 2.85. The van der Waals surface area contributed by atoms with Crippen LogP contribution in [-0.4, -0.2) is 0 Å². The molecule has 0 radical (unpaired) electrons. The zero-order valence-corrected chi connectivity index (χ0v) is 11.8. The number of hydrogen-bond donors (Lipinski definition) is 0. The topological polar surface area (TPSA) is 0 Å². The highest BCUT2D eigenvalue weighted by Gasteiger charge is 2.36. The smallest absolute Gasteiger partial charge is 0.0622 e. The monoisotopic (exact) mass is 323 g/mol. The molecule has 0 aliphatic heterocycles. The van der Waals surface area contributed by atoms with E-state index < -0.39 is 0 Å². The fraction of sp³-hybridized carbons (Fsp3) is 0.200. The molecule has 0 atom stereocenters. The normalized spacial score (nSPS) is 11.4. The third-order valence-corrected chi connectivity index (χ3v) is 5.85. The van der Waals surface area contributed by atoms with Gasteiger partial charge in [0.1, 0.15) is 0 Å². The number of halogens is 1. The summed E-state index contributed by atoms with van der Waals surface area (Å²) in [4.78, 5) is 0. The Kier molecular flexibility index (Phi) is 3.64. The molecule has 2 aromatic carbocycles. The van der Waals surface area contributed by atoms with Crippen LogP contribution >= 0.6 is 0 Å². The summed E-state index contributed by atoms with van der Waals surface area (Å²) in [6.07, 6.45) is 0. The Hall–Kier alpha value is -0.830. The van der Waals surface area contributed by atoms with Gasteiger partial charge in [0.15, 0.2) is 6.99 Å². The molecule has 0 fully saturated rings. The van der Waals surface area contributed by atoms with Crippen LogP contribution in [0.2, 0.25) is 0 Å². The highest BCUT2D eigenvalue weighted by Crippen LogP contribution is 2.12. The van der Waals surface area contributed by atoms with Crippen LogP contribution in [0.4, 0.5) is 0 Å². The predicted octanol–water partition coefficient (Wildman–Crippen LogP) is 0.881. The average Bonchev–Trinajstić information content (AvgIpc) is 2.31. The molecule has 0 aliphatic carbocycles. The Bertz CT molecular complexity index is 432. The van der Waals surface area contributed by atoms with E-state index in [1.807, 2.05) is 0 Å². The summed E-state index contributed by atoms with van der Waals surface area (Å²) in [5.41, 5.74) is 1.45. The first-order valence-electron chi connectivity index (χ1n) is 5.45. The Morgan fingerprint density at radius 1 is 0.750 bits per heavy atom. The number of hydrogen-bond acceptors (Lipinski definition) is 0. The second-order valence-corrected chi connectivity index (χ2v) is 8.71. The molecule has 0 heterocycles. The summed E-state index contributed by atoms with van der Waals surface area (Å²) < 4.78 is 1.82. The third-order valence-electron chi connectivity index (χ3n) is 2.54. The molecule has 0 spiro atoms. The lowest BCUT2D eigenvalue weighted by Crippen LogP contribution is -3.66. The predicted molar refractivity (Wildman–Crippen MR) is 64.6 cm³/mol. The Balaban J connectivity index is 2.21. The second-order valence-electron chi connectivity index (χ2n) is 4.23. The largest absolute Gasteiger partial charge is 0.324 e. The van der Waals surface area contributed by atoms with Gasteiger partial charge < -0.3 is 0 Å². The quantitative estimate of drug-likeness (QED) is 0.581. The summed E-state index contributed by atoms with van der Waals surface area (Å²) in [6, 6.07) is 21.7. The van der Waals surface area contributed by atoms with Gasteiger partial charge in [-0.3, -0.25) is 0 Å². The minimum Gasteiger partial charge on any atom is -0.0622 e. The second kappa shape index (κ2) is 5.00. The van der Waals surface area contributed by atoms with Gasteiger partial charge >= 0.3 is 21.2 Å². The maximum Gasteiger partial charge on any atom is 0.324 e. The number of alkyl halides is 1. The van der Waals surface area contributed by atoms with E-state index in [1.165, 1.54) is 9.13 Å². The Morgan fingerprint density at radius 3 is 1.81 bits per heavy atom. The molecule has 0 unspecified atom stereocenters. The molecule has 2 aromatic rings. The first-order chi connectivity index (χ1) is 7.68. The minimum atomic E-state index is 0.00174. The van der Waals surface area contributed by atoms with E-state index in [-0.39, 0.29) is 21.2 Å². The highest BCUT2D eigenvalue weighted by atomic mass is 127. The van der Waals surface area contributed by atoms with Crippen LogP contribution in [0.25, 0.3) is 0 Å². The van der Waals surface area contributed by atoms with Crippen molar-refractivity contribution in [2.45, 2.75) is 17.3 Å². The fourth-order valence-corrected chi connectivity index (χ4v) is 4.64. The molecule has 0 nitrogen and oxygen atoms in total. The van der Waals surface area contributed by atoms with Crippen molar-refractivity contribution in [3.63, 3.8) is 0 Å². The van der Waals surface area contributed by atoms with E-state index in [4.69, 9.17) is 0 Å². The van der Waals surface area contributed by atoms with Gasteiger partial charge in [-0.15, -0.1) is 0 Å². The molecule has 1 heteroatoms. The van der Waals surface area contributed by atoms with Gasteiger partial charge in [0, 0.05) is 5.56 Å². The van der Waals surface area contributed by atoms with Gasteiger partial charge in [-0.1, -0.05) is 48.5 Å². The van der Waals surface area contributed by atoms with Crippen molar-refractivity contribution in [3.8, 4) is 0 Å². The molecule has 0 amide bonds. The van der Waals surface area contributed by atoms with E-state index in [2.05, 4.69) is 74.5 Å². The zero-order valence-electron chi connectivity index (χ0n) is 9.65. The molecule has 16 heavy (non-hydrogen) atoms. The first kappa shape index (κ1) is 11.6. The van der Waals surface area contributed by atoms with Crippen LogP contribution in [0.3, 0.4) is 0 Å². The van der Waals surface area contributed by atoms with Crippen molar-refractivity contribution in [1.82, 2.24) is 0 Å². The van der Waals surface area contributed by atoms with Gasteiger partial charge in [-0.25, -0.2) is 0 Å². The van der Waals surface area contributed by atoms with Crippen LogP contribution in [0.5, 0.6) is 0 Å². The lowest BCUT2D eigenvalue weighted by Gasteiger charge is -2.11. The van der Waals surface area contributed by atoms with Crippen molar-refractivity contribution >= 4 is 0 Å². The molecule has 0 aromatic heterocycles. The van der Waals surface area contributed by atoms with Gasteiger partial charge in [-0.05, 0) is 26.0 Å². The van der Waals surface area contributed by atoms with Crippen LogP contribution in [0, 0.1) is 3.57 Å². The van der Waals surface area contributed by atoms with Gasteiger partial charge in [0.25, 0.3) is 0 Å². The zero-order chi connectivity index (χ0) is 11.4. The first-order valence-corrected chi connectivity index (χ1v) is 7.61. The fourth-order valence-electron chi connectivity index (χ4n) is 1.64. The lowest BCUT2D eigenvalue weighted by atomic mass is 10.0. The number of benzene rings is 2. The molecular formula is C15H16I+. The summed E-state index contributed by atoms with van der Waals surface area (Å²) in [7, 11) is 0. The molecule has 2 rings (SSSR count). The Labute approximate surface area is 108 Å². The summed E-state index contributed by atoms with van der Waals surface area (Å²) in [5, 5.41) is 0. The minimum absolute atomic E-state index is 0.00174. The molecule has 0 saturated heterocycles. The van der Waals surface area contributed by atoms with Gasteiger partial charge in [0.2, 0.25) is 0 Å². The van der Waals surface area contributed by atoms with E-state index in [1.54, 1.807) is 0 Å². The van der Waals surface area contributed by atoms with Gasteiger partial charge in [-0.2, -0.15) is 0 Å². The van der Waals surface area contributed by atoms with Gasteiger partial charge in [0.05, 0.1) is 0 Å².